The van der Waals surface area contributed by atoms with Crippen LogP contribution in [0.15, 0.2) is 12.1 Å². The highest BCUT2D eigenvalue weighted by Gasteiger charge is 2.20. The molecule has 0 radical (unpaired) electrons. The number of aliphatic carboxylic acids is 1. The minimum atomic E-state index is -1.20. The molecule has 0 aromatic carbocycles. The maximum Gasteiger partial charge on any atom is 0.328 e. The highest BCUT2D eigenvalue weighted by atomic mass is 35.5. The molecular weight excluding hydrogens is 283 g/mol. The lowest BCUT2D eigenvalue weighted by atomic mass is 10.2. The smallest absolute Gasteiger partial charge is 0.328 e. The molecule has 2 N–H and O–H groups in total. The number of nitrogens with one attached hydrogen (secondary N) is 1. The van der Waals surface area contributed by atoms with Gasteiger partial charge in [0.1, 0.15) is 10.3 Å². The van der Waals surface area contributed by atoms with Gasteiger partial charge in [-0.2, -0.15) is 0 Å². The van der Waals surface area contributed by atoms with E-state index in [4.69, 9.17) is 28.3 Å². The van der Waals surface area contributed by atoms with Gasteiger partial charge in [-0.05, 0) is 12.1 Å². The molecule has 0 bridgehead atoms. The Kier molecular flexibility index (Phi) is 5.33. The van der Waals surface area contributed by atoms with Crippen LogP contribution in [0, 0.1) is 0 Å². The van der Waals surface area contributed by atoms with Gasteiger partial charge in [0, 0.05) is 12.7 Å². The van der Waals surface area contributed by atoms with Crippen molar-refractivity contribution in [3.05, 3.63) is 28.0 Å². The Labute approximate surface area is 113 Å². The minimum Gasteiger partial charge on any atom is -0.480 e. The molecular formula is C10H10Cl2N2O4. The van der Waals surface area contributed by atoms with Gasteiger partial charge in [0.2, 0.25) is 0 Å². The largest absolute Gasteiger partial charge is 0.480 e. The topological polar surface area (TPSA) is 88.5 Å². The van der Waals surface area contributed by atoms with Crippen molar-refractivity contribution in [1.29, 1.82) is 0 Å². The van der Waals surface area contributed by atoms with Crippen LogP contribution in [-0.4, -0.2) is 41.7 Å². The number of pyridine rings is 1. The SMILES string of the molecule is COCC(NC(=O)c1cc(Cl)nc(Cl)c1)C(=O)O. The molecule has 0 saturated carbocycles. The first-order valence-corrected chi connectivity index (χ1v) is 5.55. The van der Waals surface area contributed by atoms with Gasteiger partial charge in [-0.25, -0.2) is 9.78 Å². The van der Waals surface area contributed by atoms with Crippen LogP contribution in [0.25, 0.3) is 0 Å². The molecule has 1 amide bonds. The predicted molar refractivity (Wildman–Crippen MR) is 65.0 cm³/mol. The molecule has 0 spiro atoms. The van der Waals surface area contributed by atoms with Gasteiger partial charge < -0.3 is 15.2 Å². The molecule has 0 aliphatic rings. The number of methoxy groups -OCH3 is 1. The highest BCUT2D eigenvalue weighted by Crippen LogP contribution is 2.14. The van der Waals surface area contributed by atoms with Crippen LogP contribution in [0.2, 0.25) is 10.3 Å². The van der Waals surface area contributed by atoms with Crippen LogP contribution in [0.4, 0.5) is 0 Å². The van der Waals surface area contributed by atoms with Crippen LogP contribution in [0.3, 0.4) is 0 Å². The number of aromatic nitrogens is 1. The fourth-order valence-electron chi connectivity index (χ4n) is 1.18. The third kappa shape index (κ3) is 4.14. The lowest BCUT2D eigenvalue weighted by Crippen LogP contribution is -2.43. The summed E-state index contributed by atoms with van der Waals surface area (Å²) in [4.78, 5) is 26.3. The fraction of sp³-hybridized carbons (Fsp3) is 0.300. The molecule has 1 rings (SSSR count). The lowest BCUT2D eigenvalue weighted by molar-refractivity contribution is -0.140. The average Bonchev–Trinajstić information content (AvgIpc) is 2.26. The number of nitrogens with zero attached hydrogens (tertiary/aromatic N) is 1. The number of carboxylic acids is 1. The molecule has 0 aliphatic heterocycles. The van der Waals surface area contributed by atoms with Crippen molar-refractivity contribution in [3.8, 4) is 0 Å². The van der Waals surface area contributed by atoms with E-state index in [1.54, 1.807) is 0 Å². The number of rotatable bonds is 5. The Morgan fingerprint density at radius 2 is 2.00 bits per heavy atom. The Bertz CT molecular complexity index is 447. The second-order valence-corrected chi connectivity index (χ2v) is 4.10. The Morgan fingerprint density at radius 3 is 2.44 bits per heavy atom. The second kappa shape index (κ2) is 6.53. The highest BCUT2D eigenvalue weighted by molar-refractivity contribution is 6.33. The van der Waals surface area contributed by atoms with Gasteiger partial charge >= 0.3 is 5.97 Å². The normalized spacial score (nSPS) is 11.9. The predicted octanol–water partition coefficient (Wildman–Crippen LogP) is 1.22. The molecule has 1 aromatic rings. The molecule has 18 heavy (non-hydrogen) atoms. The van der Waals surface area contributed by atoms with Gasteiger partial charge in [0.15, 0.2) is 6.04 Å². The van der Waals surface area contributed by atoms with E-state index in [-0.39, 0.29) is 22.5 Å². The quantitative estimate of drug-likeness (QED) is 0.797. The summed E-state index contributed by atoms with van der Waals surface area (Å²) in [6, 6.07) is 1.43. The lowest BCUT2D eigenvalue weighted by Gasteiger charge is -2.13. The van der Waals surface area contributed by atoms with E-state index >= 15 is 0 Å². The van der Waals surface area contributed by atoms with Crippen LogP contribution < -0.4 is 5.32 Å². The summed E-state index contributed by atoms with van der Waals surface area (Å²) in [5, 5.41) is 11.2. The fourth-order valence-corrected chi connectivity index (χ4v) is 1.64. The van der Waals surface area contributed by atoms with E-state index < -0.39 is 17.9 Å². The number of carbonyl (C=O) groups excluding carboxylic acids is 1. The Hall–Kier alpha value is -1.37. The number of halogens is 2. The van der Waals surface area contributed by atoms with Gasteiger partial charge in [0.25, 0.3) is 5.91 Å². The summed E-state index contributed by atoms with van der Waals surface area (Å²) in [6.07, 6.45) is 0. The van der Waals surface area contributed by atoms with Crippen molar-refractivity contribution >= 4 is 35.1 Å². The van der Waals surface area contributed by atoms with Crippen molar-refractivity contribution in [2.75, 3.05) is 13.7 Å². The average molecular weight is 293 g/mol. The van der Waals surface area contributed by atoms with Crippen LogP contribution in [-0.2, 0) is 9.53 Å². The van der Waals surface area contributed by atoms with E-state index in [0.29, 0.717) is 0 Å². The standard InChI is InChI=1S/C10H10Cl2N2O4/c1-18-4-6(10(16)17)13-9(15)5-2-7(11)14-8(12)3-5/h2-3,6H,4H2,1H3,(H,13,15)(H,16,17). The van der Waals surface area contributed by atoms with E-state index in [1.807, 2.05) is 0 Å². The minimum absolute atomic E-state index is 0.0475. The number of carbonyl (C=O) groups is 2. The van der Waals surface area contributed by atoms with E-state index in [2.05, 4.69) is 15.0 Å². The summed E-state index contributed by atoms with van der Waals surface area (Å²) < 4.78 is 4.69. The van der Waals surface area contributed by atoms with E-state index in [9.17, 15) is 9.59 Å². The second-order valence-electron chi connectivity index (χ2n) is 3.32. The number of hydrogen-bond acceptors (Lipinski definition) is 4. The van der Waals surface area contributed by atoms with Gasteiger partial charge in [-0.15, -0.1) is 0 Å². The maximum atomic E-state index is 11.8. The molecule has 0 fully saturated rings. The zero-order chi connectivity index (χ0) is 13.7. The summed E-state index contributed by atoms with van der Waals surface area (Å²) in [6.45, 7) is -0.145. The first-order chi connectivity index (χ1) is 8.43. The zero-order valence-electron chi connectivity index (χ0n) is 9.31. The van der Waals surface area contributed by atoms with Crippen molar-refractivity contribution in [2.45, 2.75) is 6.04 Å². The third-order valence-electron chi connectivity index (χ3n) is 1.96. The van der Waals surface area contributed by atoms with Crippen molar-refractivity contribution in [2.24, 2.45) is 0 Å². The van der Waals surface area contributed by atoms with Gasteiger partial charge in [-0.3, -0.25) is 4.79 Å². The molecule has 1 aromatic heterocycles. The molecule has 0 saturated heterocycles. The number of amides is 1. The third-order valence-corrected chi connectivity index (χ3v) is 2.35. The van der Waals surface area contributed by atoms with Crippen LogP contribution in [0.1, 0.15) is 10.4 Å². The number of ether oxygens (including phenoxy) is 1. The summed E-state index contributed by atoms with van der Waals surface area (Å²) >= 11 is 11.3. The maximum absolute atomic E-state index is 11.8. The molecule has 1 unspecified atom stereocenters. The molecule has 98 valence electrons. The Balaban J connectivity index is 2.83. The van der Waals surface area contributed by atoms with Gasteiger partial charge in [-0.1, -0.05) is 23.2 Å². The zero-order valence-corrected chi connectivity index (χ0v) is 10.8. The molecule has 1 atom stereocenters. The monoisotopic (exact) mass is 292 g/mol. The van der Waals surface area contributed by atoms with Crippen molar-refractivity contribution in [3.63, 3.8) is 0 Å². The van der Waals surface area contributed by atoms with Crippen molar-refractivity contribution in [1.82, 2.24) is 10.3 Å². The summed E-state index contributed by atoms with van der Waals surface area (Å²) in [5.74, 6) is -1.82. The first-order valence-electron chi connectivity index (χ1n) is 4.79. The molecule has 8 heteroatoms. The first kappa shape index (κ1) is 14.7. The van der Waals surface area contributed by atoms with Gasteiger partial charge in [0.05, 0.1) is 6.61 Å². The van der Waals surface area contributed by atoms with Crippen LogP contribution >= 0.6 is 23.2 Å². The number of carboxylic acid groups (broad SMARTS) is 1. The summed E-state index contributed by atoms with van der Waals surface area (Å²) in [7, 11) is 1.34. The Morgan fingerprint density at radius 1 is 1.44 bits per heavy atom. The van der Waals surface area contributed by atoms with E-state index in [0.717, 1.165) is 0 Å². The van der Waals surface area contributed by atoms with E-state index in [1.165, 1.54) is 19.2 Å². The number of hydrogen-bond donors (Lipinski definition) is 2. The molecule has 6 nitrogen and oxygen atoms in total. The van der Waals surface area contributed by atoms with Crippen molar-refractivity contribution < 1.29 is 19.4 Å². The molecule has 0 aliphatic carbocycles. The summed E-state index contributed by atoms with van der Waals surface area (Å²) in [5.41, 5.74) is 0.127. The van der Waals surface area contributed by atoms with Crippen LogP contribution in [0.5, 0.6) is 0 Å². The molecule has 1 heterocycles.